The van der Waals surface area contributed by atoms with E-state index in [0.717, 1.165) is 18.7 Å². The fraction of sp³-hybridized carbons (Fsp3) is 0.333. The van der Waals surface area contributed by atoms with Crippen LogP contribution in [0.25, 0.3) is 0 Å². The molecule has 2 atom stereocenters. The van der Waals surface area contributed by atoms with E-state index in [1.807, 2.05) is 0 Å². The smallest absolute Gasteiger partial charge is 0.253 e. The highest BCUT2D eigenvalue weighted by molar-refractivity contribution is 5.94. The van der Waals surface area contributed by atoms with Crippen molar-refractivity contribution < 1.29 is 9.18 Å². The molecule has 0 saturated heterocycles. The van der Waals surface area contributed by atoms with Crippen LogP contribution in [0, 0.1) is 5.82 Å². The number of amides is 1. The molecule has 1 amide bonds. The quantitative estimate of drug-likeness (QED) is 0.700. The van der Waals surface area contributed by atoms with Crippen molar-refractivity contribution in [2.75, 3.05) is 0 Å². The largest absolute Gasteiger partial charge is 0.348 e. The van der Waals surface area contributed by atoms with Crippen LogP contribution in [0.15, 0.2) is 18.5 Å². The molecule has 2 unspecified atom stereocenters. The van der Waals surface area contributed by atoms with Gasteiger partial charge in [0.2, 0.25) is 0 Å². The van der Waals surface area contributed by atoms with E-state index in [4.69, 9.17) is 5.73 Å². The van der Waals surface area contributed by atoms with Gasteiger partial charge in [0.15, 0.2) is 0 Å². The zero-order valence-corrected chi connectivity index (χ0v) is 7.40. The van der Waals surface area contributed by atoms with Crippen molar-refractivity contribution in [2.24, 2.45) is 5.73 Å². The third-order valence-corrected chi connectivity index (χ3v) is 2.12. The first kappa shape index (κ1) is 9.08. The summed E-state index contributed by atoms with van der Waals surface area (Å²) in [5.74, 6) is -0.840. The maximum atomic E-state index is 12.7. The molecule has 5 heteroatoms. The summed E-state index contributed by atoms with van der Waals surface area (Å²) in [6, 6.07) is 1.22. The molecule has 3 N–H and O–H groups in total. The fourth-order valence-electron chi connectivity index (χ4n) is 1.17. The van der Waals surface area contributed by atoms with Crippen LogP contribution in [0.2, 0.25) is 0 Å². The second kappa shape index (κ2) is 3.34. The molecule has 0 aliphatic heterocycles. The molecule has 1 saturated carbocycles. The van der Waals surface area contributed by atoms with Gasteiger partial charge in [0.05, 0.1) is 11.8 Å². The van der Waals surface area contributed by atoms with E-state index in [1.165, 1.54) is 6.20 Å². The first-order valence-electron chi connectivity index (χ1n) is 4.34. The number of carbonyl (C=O) groups is 1. The Labute approximate surface area is 80.3 Å². The van der Waals surface area contributed by atoms with Crippen molar-refractivity contribution >= 4 is 5.91 Å². The topological polar surface area (TPSA) is 68.0 Å². The molecular formula is C9H10FN3O. The molecule has 1 aliphatic rings. The van der Waals surface area contributed by atoms with E-state index in [0.29, 0.717) is 0 Å². The Morgan fingerprint density at radius 2 is 2.36 bits per heavy atom. The summed E-state index contributed by atoms with van der Waals surface area (Å²) in [6.07, 6.45) is 3.17. The fourth-order valence-corrected chi connectivity index (χ4v) is 1.17. The Balaban J connectivity index is 2.03. The van der Waals surface area contributed by atoms with Crippen molar-refractivity contribution in [1.82, 2.24) is 10.3 Å². The van der Waals surface area contributed by atoms with Gasteiger partial charge in [-0.25, -0.2) is 4.39 Å². The minimum absolute atomic E-state index is 0.0331. The van der Waals surface area contributed by atoms with E-state index >= 15 is 0 Å². The van der Waals surface area contributed by atoms with Crippen LogP contribution in [0.5, 0.6) is 0 Å². The third-order valence-electron chi connectivity index (χ3n) is 2.12. The van der Waals surface area contributed by atoms with Crippen molar-refractivity contribution in [3.05, 3.63) is 29.8 Å². The standard InChI is InChI=1S/C9H10FN3O/c10-6-1-5(3-12-4-6)9(14)13-8-2-7(8)11/h1,3-4,7-8H,2,11H2,(H,13,14). The van der Waals surface area contributed by atoms with E-state index in [2.05, 4.69) is 10.3 Å². The van der Waals surface area contributed by atoms with Crippen molar-refractivity contribution in [3.8, 4) is 0 Å². The average Bonchev–Trinajstić information content (AvgIpc) is 2.81. The molecule has 0 aromatic carbocycles. The van der Waals surface area contributed by atoms with Crippen LogP contribution in [0.3, 0.4) is 0 Å². The zero-order chi connectivity index (χ0) is 10.1. The Bertz CT molecular complexity index is 369. The molecule has 1 aromatic heterocycles. The van der Waals surface area contributed by atoms with Gasteiger partial charge in [-0.05, 0) is 12.5 Å². The SMILES string of the molecule is NC1CC1NC(=O)c1cncc(F)c1. The number of nitrogens with two attached hydrogens (primary N) is 1. The summed E-state index contributed by atoms with van der Waals surface area (Å²) >= 11 is 0. The van der Waals surface area contributed by atoms with Crippen LogP contribution in [0.4, 0.5) is 4.39 Å². The van der Waals surface area contributed by atoms with Gasteiger partial charge in [0, 0.05) is 18.3 Å². The number of carbonyl (C=O) groups excluding carboxylic acids is 1. The molecule has 1 aliphatic carbocycles. The minimum Gasteiger partial charge on any atom is -0.348 e. The Morgan fingerprint density at radius 3 is 2.93 bits per heavy atom. The first-order chi connectivity index (χ1) is 6.66. The molecule has 0 radical (unpaired) electrons. The molecule has 1 fully saturated rings. The molecule has 74 valence electrons. The molecule has 0 bridgehead atoms. The monoisotopic (exact) mass is 195 g/mol. The number of hydrogen-bond donors (Lipinski definition) is 2. The van der Waals surface area contributed by atoms with Gasteiger partial charge in [0.25, 0.3) is 5.91 Å². The third kappa shape index (κ3) is 1.88. The molecule has 1 aromatic rings. The summed E-state index contributed by atoms with van der Waals surface area (Å²) in [5, 5.41) is 2.68. The highest BCUT2D eigenvalue weighted by atomic mass is 19.1. The van der Waals surface area contributed by atoms with Gasteiger partial charge < -0.3 is 11.1 Å². The van der Waals surface area contributed by atoms with E-state index in [1.54, 1.807) is 0 Å². The molecule has 4 nitrogen and oxygen atoms in total. The predicted molar refractivity (Wildman–Crippen MR) is 48.0 cm³/mol. The summed E-state index contributed by atoms with van der Waals surface area (Å²) in [6.45, 7) is 0. The van der Waals surface area contributed by atoms with Crippen molar-refractivity contribution in [3.63, 3.8) is 0 Å². The van der Waals surface area contributed by atoms with Gasteiger partial charge in [0.1, 0.15) is 5.82 Å². The minimum atomic E-state index is -0.516. The average molecular weight is 195 g/mol. The van der Waals surface area contributed by atoms with Crippen LogP contribution < -0.4 is 11.1 Å². The van der Waals surface area contributed by atoms with Crippen LogP contribution in [-0.2, 0) is 0 Å². The molecule has 1 heterocycles. The van der Waals surface area contributed by atoms with Gasteiger partial charge in [-0.3, -0.25) is 9.78 Å². The number of halogens is 1. The molecule has 2 rings (SSSR count). The molecule has 0 spiro atoms. The summed E-state index contributed by atoms with van der Waals surface area (Å²) < 4.78 is 12.7. The summed E-state index contributed by atoms with van der Waals surface area (Å²) in [4.78, 5) is 15.0. The second-order valence-corrected chi connectivity index (χ2v) is 3.37. The second-order valence-electron chi connectivity index (χ2n) is 3.37. The predicted octanol–water partition coefficient (Wildman–Crippen LogP) is 0.0501. The lowest BCUT2D eigenvalue weighted by molar-refractivity contribution is 0.0949. The number of pyridine rings is 1. The van der Waals surface area contributed by atoms with E-state index in [-0.39, 0.29) is 23.6 Å². The van der Waals surface area contributed by atoms with Crippen LogP contribution >= 0.6 is 0 Å². The van der Waals surface area contributed by atoms with E-state index in [9.17, 15) is 9.18 Å². The van der Waals surface area contributed by atoms with Crippen molar-refractivity contribution in [1.29, 1.82) is 0 Å². The lowest BCUT2D eigenvalue weighted by Gasteiger charge is -2.02. The zero-order valence-electron chi connectivity index (χ0n) is 7.40. The van der Waals surface area contributed by atoms with Gasteiger partial charge >= 0.3 is 0 Å². The number of rotatable bonds is 2. The maximum Gasteiger partial charge on any atom is 0.253 e. The van der Waals surface area contributed by atoms with E-state index < -0.39 is 5.82 Å². The lowest BCUT2D eigenvalue weighted by Crippen LogP contribution is -2.29. The molecular weight excluding hydrogens is 185 g/mol. The Kier molecular flexibility index (Phi) is 2.17. The highest BCUT2D eigenvalue weighted by Gasteiger charge is 2.34. The van der Waals surface area contributed by atoms with Crippen LogP contribution in [-0.4, -0.2) is 23.0 Å². The van der Waals surface area contributed by atoms with Gasteiger partial charge in [-0.15, -0.1) is 0 Å². The number of nitrogens with zero attached hydrogens (tertiary/aromatic N) is 1. The van der Waals surface area contributed by atoms with Gasteiger partial charge in [-0.1, -0.05) is 0 Å². The van der Waals surface area contributed by atoms with Gasteiger partial charge in [-0.2, -0.15) is 0 Å². The summed E-state index contributed by atoms with van der Waals surface area (Å²) in [7, 11) is 0. The number of nitrogens with one attached hydrogen (secondary N) is 1. The Morgan fingerprint density at radius 1 is 1.64 bits per heavy atom. The highest BCUT2D eigenvalue weighted by Crippen LogP contribution is 2.18. The maximum absolute atomic E-state index is 12.7. The Hall–Kier alpha value is -1.49. The van der Waals surface area contributed by atoms with Crippen molar-refractivity contribution in [2.45, 2.75) is 18.5 Å². The summed E-state index contributed by atoms with van der Waals surface area (Å²) in [5.41, 5.74) is 5.74. The van der Waals surface area contributed by atoms with Crippen LogP contribution in [0.1, 0.15) is 16.8 Å². The normalized spacial score (nSPS) is 24.4. The molecule has 14 heavy (non-hydrogen) atoms. The first-order valence-corrected chi connectivity index (χ1v) is 4.34. The number of aromatic nitrogens is 1. The lowest BCUT2D eigenvalue weighted by atomic mass is 10.2. The number of hydrogen-bond acceptors (Lipinski definition) is 3.